The first-order valence-corrected chi connectivity index (χ1v) is 4.24. The van der Waals surface area contributed by atoms with E-state index in [2.05, 4.69) is 5.32 Å². The molecule has 1 aliphatic rings. The Bertz CT molecular complexity index is 198. The lowest BCUT2D eigenvalue weighted by Gasteiger charge is -2.26. The number of amides is 1. The fourth-order valence-corrected chi connectivity index (χ4v) is 1.36. The molecule has 82 valence electrons. The molecule has 0 aliphatic carbocycles. The summed E-state index contributed by atoms with van der Waals surface area (Å²) in [5.74, 6) is 0. The monoisotopic (exact) mass is 205 g/mol. The average molecular weight is 205 g/mol. The highest BCUT2D eigenvalue weighted by molar-refractivity contribution is 5.67. The van der Waals surface area contributed by atoms with Crippen molar-refractivity contribution in [2.45, 2.75) is 18.4 Å². The minimum atomic E-state index is -0.556. The van der Waals surface area contributed by atoms with Crippen molar-refractivity contribution >= 4 is 6.09 Å². The van der Waals surface area contributed by atoms with Gasteiger partial charge >= 0.3 is 6.09 Å². The van der Waals surface area contributed by atoms with Crippen molar-refractivity contribution < 1.29 is 23.7 Å². The maximum absolute atomic E-state index is 11.1. The molecule has 3 atom stereocenters. The van der Waals surface area contributed by atoms with Crippen molar-refractivity contribution in [2.75, 3.05) is 27.9 Å². The third-order valence-electron chi connectivity index (χ3n) is 2.13. The molecule has 0 aromatic carbocycles. The van der Waals surface area contributed by atoms with E-state index in [4.69, 9.17) is 18.9 Å². The predicted molar refractivity (Wildman–Crippen MR) is 46.9 cm³/mol. The summed E-state index contributed by atoms with van der Waals surface area (Å²) in [6.45, 7) is 0.153. The molecule has 0 saturated carbocycles. The Morgan fingerprint density at radius 3 is 2.50 bits per heavy atom. The zero-order chi connectivity index (χ0) is 10.6. The Hall–Kier alpha value is -0.850. The standard InChI is InChI=1S/C8H15NO5/c1-11-5-4-14-8(10)9-7(13-3)6(5)12-2/h5-7H,4H2,1-3H3,(H,9,10). The van der Waals surface area contributed by atoms with E-state index in [1.165, 1.54) is 21.3 Å². The lowest BCUT2D eigenvalue weighted by molar-refractivity contribution is -0.112. The van der Waals surface area contributed by atoms with Crippen LogP contribution in [0.2, 0.25) is 0 Å². The van der Waals surface area contributed by atoms with Crippen molar-refractivity contribution in [3.05, 3.63) is 0 Å². The maximum Gasteiger partial charge on any atom is 0.409 e. The molecule has 1 aliphatic heterocycles. The molecule has 0 aromatic heterocycles. The number of nitrogens with one attached hydrogen (secondary N) is 1. The molecule has 0 spiro atoms. The molecular formula is C8H15NO5. The Labute approximate surface area is 82.5 Å². The Morgan fingerprint density at radius 1 is 1.29 bits per heavy atom. The van der Waals surface area contributed by atoms with E-state index in [1.807, 2.05) is 0 Å². The van der Waals surface area contributed by atoms with Gasteiger partial charge in [0.25, 0.3) is 0 Å². The second-order valence-electron chi connectivity index (χ2n) is 2.87. The van der Waals surface area contributed by atoms with Gasteiger partial charge in [0.05, 0.1) is 0 Å². The van der Waals surface area contributed by atoms with Crippen molar-refractivity contribution in [2.24, 2.45) is 0 Å². The number of hydrogen-bond donors (Lipinski definition) is 1. The van der Waals surface area contributed by atoms with Crippen molar-refractivity contribution in [1.29, 1.82) is 0 Å². The Balaban J connectivity index is 2.73. The fourth-order valence-electron chi connectivity index (χ4n) is 1.36. The molecule has 6 nitrogen and oxygen atoms in total. The van der Waals surface area contributed by atoms with Crippen LogP contribution in [-0.4, -0.2) is 52.5 Å². The molecule has 6 heteroatoms. The van der Waals surface area contributed by atoms with Gasteiger partial charge in [0.15, 0.2) is 6.23 Å². The van der Waals surface area contributed by atoms with Gasteiger partial charge < -0.3 is 18.9 Å². The first kappa shape index (κ1) is 11.2. The summed E-state index contributed by atoms with van der Waals surface area (Å²) >= 11 is 0. The van der Waals surface area contributed by atoms with E-state index in [1.54, 1.807) is 0 Å². The van der Waals surface area contributed by atoms with Gasteiger partial charge in [-0.25, -0.2) is 4.79 Å². The quantitative estimate of drug-likeness (QED) is 0.687. The summed E-state index contributed by atoms with van der Waals surface area (Å²) in [6, 6.07) is 0. The van der Waals surface area contributed by atoms with Crippen molar-refractivity contribution in [1.82, 2.24) is 5.32 Å². The molecule has 0 radical (unpaired) electrons. The molecule has 1 fully saturated rings. The first-order chi connectivity index (χ1) is 6.72. The van der Waals surface area contributed by atoms with Crippen LogP contribution >= 0.6 is 0 Å². The number of carbonyl (C=O) groups is 1. The van der Waals surface area contributed by atoms with Crippen LogP contribution in [0.4, 0.5) is 4.79 Å². The number of rotatable bonds is 3. The highest BCUT2D eigenvalue weighted by Gasteiger charge is 2.35. The van der Waals surface area contributed by atoms with Crippen molar-refractivity contribution in [3.8, 4) is 0 Å². The van der Waals surface area contributed by atoms with Gasteiger partial charge in [-0.3, -0.25) is 5.32 Å². The molecule has 1 heterocycles. The second kappa shape index (κ2) is 5.14. The SMILES string of the molecule is COC1COC(=O)NC(OC)C1OC. The van der Waals surface area contributed by atoms with Gasteiger partial charge in [0, 0.05) is 21.3 Å². The third kappa shape index (κ3) is 2.34. The highest BCUT2D eigenvalue weighted by atomic mass is 16.6. The van der Waals surface area contributed by atoms with E-state index < -0.39 is 12.3 Å². The van der Waals surface area contributed by atoms with Crippen LogP contribution < -0.4 is 5.32 Å². The van der Waals surface area contributed by atoms with Gasteiger partial charge in [0.2, 0.25) is 0 Å². The normalized spacial score (nSPS) is 33.1. The molecule has 14 heavy (non-hydrogen) atoms. The zero-order valence-electron chi connectivity index (χ0n) is 8.48. The number of carbonyl (C=O) groups excluding carboxylic acids is 1. The summed E-state index contributed by atoms with van der Waals surface area (Å²) < 4.78 is 20.2. The van der Waals surface area contributed by atoms with E-state index in [0.717, 1.165) is 0 Å². The molecule has 1 amide bonds. The summed E-state index contributed by atoms with van der Waals surface area (Å²) in [5.41, 5.74) is 0. The summed E-state index contributed by atoms with van der Waals surface area (Å²) in [5, 5.41) is 2.51. The first-order valence-electron chi connectivity index (χ1n) is 4.24. The average Bonchev–Trinajstić information content (AvgIpc) is 2.36. The van der Waals surface area contributed by atoms with Crippen LogP contribution in [0.25, 0.3) is 0 Å². The summed E-state index contributed by atoms with van der Waals surface area (Å²) in [4.78, 5) is 11.1. The Kier molecular flexibility index (Phi) is 4.12. The molecular weight excluding hydrogens is 190 g/mol. The van der Waals surface area contributed by atoms with Crippen LogP contribution in [0.3, 0.4) is 0 Å². The molecule has 0 aromatic rings. The van der Waals surface area contributed by atoms with Crippen LogP contribution in [0, 0.1) is 0 Å². The van der Waals surface area contributed by atoms with Crippen LogP contribution in [0.15, 0.2) is 0 Å². The van der Waals surface area contributed by atoms with E-state index in [9.17, 15) is 4.79 Å². The van der Waals surface area contributed by atoms with E-state index >= 15 is 0 Å². The maximum atomic E-state index is 11.1. The molecule has 1 N–H and O–H groups in total. The van der Waals surface area contributed by atoms with Crippen molar-refractivity contribution in [3.63, 3.8) is 0 Å². The van der Waals surface area contributed by atoms with Gasteiger partial charge in [-0.15, -0.1) is 0 Å². The largest absolute Gasteiger partial charge is 0.447 e. The Morgan fingerprint density at radius 2 is 2.00 bits per heavy atom. The van der Waals surface area contributed by atoms with E-state index in [-0.39, 0.29) is 18.8 Å². The smallest absolute Gasteiger partial charge is 0.409 e. The number of ether oxygens (including phenoxy) is 4. The number of hydrogen-bond acceptors (Lipinski definition) is 5. The van der Waals surface area contributed by atoms with Gasteiger partial charge in [-0.05, 0) is 0 Å². The summed E-state index contributed by atoms with van der Waals surface area (Å²) in [6.07, 6.45) is -1.79. The molecule has 1 saturated heterocycles. The topological polar surface area (TPSA) is 66.0 Å². The minimum absolute atomic E-state index is 0.153. The van der Waals surface area contributed by atoms with Gasteiger partial charge in [-0.2, -0.15) is 0 Å². The van der Waals surface area contributed by atoms with Gasteiger partial charge in [0.1, 0.15) is 18.8 Å². The number of cyclic esters (lactones) is 1. The van der Waals surface area contributed by atoms with Crippen LogP contribution in [-0.2, 0) is 18.9 Å². The number of alkyl carbamates (subject to hydrolysis) is 1. The van der Waals surface area contributed by atoms with Crippen LogP contribution in [0.5, 0.6) is 0 Å². The zero-order valence-corrected chi connectivity index (χ0v) is 8.48. The van der Waals surface area contributed by atoms with Crippen LogP contribution in [0.1, 0.15) is 0 Å². The van der Waals surface area contributed by atoms with E-state index in [0.29, 0.717) is 0 Å². The lowest BCUT2D eigenvalue weighted by Crippen LogP contribution is -2.48. The molecule has 1 rings (SSSR count). The second-order valence-corrected chi connectivity index (χ2v) is 2.87. The lowest BCUT2D eigenvalue weighted by atomic mass is 10.2. The predicted octanol–water partition coefficient (Wildman–Crippen LogP) is -0.271. The molecule has 0 bridgehead atoms. The van der Waals surface area contributed by atoms with Gasteiger partial charge in [-0.1, -0.05) is 0 Å². The highest BCUT2D eigenvalue weighted by Crippen LogP contribution is 2.12. The molecule has 3 unspecified atom stereocenters. The summed E-state index contributed by atoms with van der Waals surface area (Å²) in [7, 11) is 4.54. The third-order valence-corrected chi connectivity index (χ3v) is 2.13. The number of methoxy groups -OCH3 is 3. The fraction of sp³-hybridized carbons (Fsp3) is 0.875. The minimum Gasteiger partial charge on any atom is -0.447 e.